The van der Waals surface area contributed by atoms with Crippen molar-refractivity contribution in [2.45, 2.75) is 13.0 Å². The summed E-state index contributed by atoms with van der Waals surface area (Å²) in [6.07, 6.45) is 1.42. The summed E-state index contributed by atoms with van der Waals surface area (Å²) in [4.78, 5) is 12.4. The first-order valence-electron chi connectivity index (χ1n) is 7.45. The average Bonchev–Trinajstić information content (AvgIpc) is 2.98. The van der Waals surface area contributed by atoms with Gasteiger partial charge in [0.2, 0.25) is 0 Å². The summed E-state index contributed by atoms with van der Waals surface area (Å²) in [5, 5.41) is 17.1. The molecular weight excluding hydrogens is 370 g/mol. The Labute approximate surface area is 148 Å². The maximum absolute atomic E-state index is 12.4. The van der Waals surface area contributed by atoms with Gasteiger partial charge in [0.1, 0.15) is 0 Å². The number of hydrogen-bond donors (Lipinski definition) is 2. The zero-order chi connectivity index (χ0) is 17.1. The van der Waals surface area contributed by atoms with Crippen LogP contribution in [0, 0.1) is 0 Å². The van der Waals surface area contributed by atoms with E-state index in [0.717, 1.165) is 15.7 Å². The van der Waals surface area contributed by atoms with Crippen molar-refractivity contribution in [3.63, 3.8) is 0 Å². The Hall–Kier alpha value is -2.60. The fourth-order valence-corrected chi connectivity index (χ4v) is 3.04. The van der Waals surface area contributed by atoms with Crippen LogP contribution >= 0.6 is 15.9 Å². The number of carbonyl (C=O) groups is 1. The zero-order valence-electron chi connectivity index (χ0n) is 13.0. The quantitative estimate of drug-likeness (QED) is 0.716. The molecule has 0 bridgehead atoms. The van der Waals surface area contributed by atoms with Crippen LogP contribution in [0.1, 0.15) is 29.0 Å². The van der Waals surface area contributed by atoms with E-state index in [0.29, 0.717) is 0 Å². The van der Waals surface area contributed by atoms with Crippen molar-refractivity contribution in [1.82, 2.24) is 15.1 Å². The van der Waals surface area contributed by atoms with Gasteiger partial charge < -0.3 is 10.4 Å². The van der Waals surface area contributed by atoms with Crippen LogP contribution in [0.5, 0.6) is 5.75 Å². The van der Waals surface area contributed by atoms with Crippen molar-refractivity contribution in [3.8, 4) is 11.4 Å². The molecule has 1 unspecified atom stereocenters. The van der Waals surface area contributed by atoms with E-state index in [1.165, 1.54) is 10.9 Å². The summed E-state index contributed by atoms with van der Waals surface area (Å²) in [6, 6.07) is 16.7. The first-order chi connectivity index (χ1) is 11.6. The van der Waals surface area contributed by atoms with Gasteiger partial charge in [-0.15, -0.1) is 0 Å². The topological polar surface area (TPSA) is 67.2 Å². The molecule has 1 heterocycles. The number of nitrogens with zero attached hydrogens (tertiary/aromatic N) is 2. The van der Waals surface area contributed by atoms with Gasteiger partial charge in [0.05, 0.1) is 17.9 Å². The van der Waals surface area contributed by atoms with Gasteiger partial charge in [-0.2, -0.15) is 5.10 Å². The van der Waals surface area contributed by atoms with Crippen molar-refractivity contribution in [3.05, 3.63) is 76.5 Å². The second kappa shape index (κ2) is 6.88. The minimum absolute atomic E-state index is 0.00208. The lowest BCUT2D eigenvalue weighted by Gasteiger charge is -2.15. The van der Waals surface area contributed by atoms with E-state index in [4.69, 9.17) is 0 Å². The smallest absolute Gasteiger partial charge is 0.276 e. The van der Waals surface area contributed by atoms with Crippen LogP contribution in [0.4, 0.5) is 0 Å². The molecule has 24 heavy (non-hydrogen) atoms. The summed E-state index contributed by atoms with van der Waals surface area (Å²) in [5.41, 5.74) is 1.72. The van der Waals surface area contributed by atoms with Gasteiger partial charge in [-0.25, -0.2) is 4.68 Å². The molecule has 1 aromatic heterocycles. The Morgan fingerprint density at radius 2 is 1.83 bits per heavy atom. The van der Waals surface area contributed by atoms with Gasteiger partial charge in [-0.05, 0) is 30.7 Å². The van der Waals surface area contributed by atoms with E-state index in [9.17, 15) is 9.90 Å². The van der Waals surface area contributed by atoms with Crippen molar-refractivity contribution < 1.29 is 9.90 Å². The van der Waals surface area contributed by atoms with Crippen molar-refractivity contribution in [2.75, 3.05) is 0 Å². The molecule has 2 N–H and O–H groups in total. The standard InChI is InChI=1S/C18H16BrN3O2/c1-12(14-9-5-6-10-15(14)19)20-18(24)17-16(23)11-22(21-17)13-7-3-2-4-8-13/h2-12,23H,1H3,(H,20,24). The van der Waals surface area contributed by atoms with Crippen molar-refractivity contribution >= 4 is 21.8 Å². The molecule has 0 spiro atoms. The summed E-state index contributed by atoms with van der Waals surface area (Å²) in [6.45, 7) is 1.88. The lowest BCUT2D eigenvalue weighted by atomic mass is 10.1. The Kier molecular flexibility index (Phi) is 4.66. The predicted molar refractivity (Wildman–Crippen MR) is 95.3 cm³/mol. The molecule has 1 atom stereocenters. The van der Waals surface area contributed by atoms with Gasteiger partial charge in [0, 0.05) is 4.47 Å². The monoisotopic (exact) mass is 385 g/mol. The molecule has 0 fully saturated rings. The number of nitrogens with one attached hydrogen (secondary N) is 1. The first-order valence-corrected chi connectivity index (χ1v) is 8.25. The maximum Gasteiger partial charge on any atom is 0.276 e. The molecule has 6 heteroatoms. The fourth-order valence-electron chi connectivity index (χ4n) is 2.41. The van der Waals surface area contributed by atoms with E-state index in [1.807, 2.05) is 61.5 Å². The highest BCUT2D eigenvalue weighted by Gasteiger charge is 2.20. The largest absolute Gasteiger partial charge is 0.504 e. The van der Waals surface area contributed by atoms with Crippen LogP contribution in [0.15, 0.2) is 65.3 Å². The van der Waals surface area contributed by atoms with E-state index in [-0.39, 0.29) is 17.5 Å². The molecule has 5 nitrogen and oxygen atoms in total. The molecule has 3 rings (SSSR count). The summed E-state index contributed by atoms with van der Waals surface area (Å²) >= 11 is 3.47. The highest BCUT2D eigenvalue weighted by atomic mass is 79.9. The van der Waals surface area contributed by atoms with E-state index >= 15 is 0 Å². The van der Waals surface area contributed by atoms with E-state index in [2.05, 4.69) is 26.3 Å². The number of amides is 1. The molecule has 0 aliphatic rings. The number of benzene rings is 2. The third kappa shape index (κ3) is 3.33. The number of para-hydroxylation sites is 1. The molecule has 3 aromatic rings. The summed E-state index contributed by atoms with van der Waals surface area (Å²) < 4.78 is 2.39. The third-order valence-corrected chi connectivity index (χ3v) is 4.37. The normalized spacial score (nSPS) is 11.9. The van der Waals surface area contributed by atoms with Gasteiger partial charge in [-0.1, -0.05) is 52.3 Å². The Morgan fingerprint density at radius 3 is 2.54 bits per heavy atom. The number of rotatable bonds is 4. The van der Waals surface area contributed by atoms with E-state index < -0.39 is 5.91 Å². The Morgan fingerprint density at radius 1 is 1.17 bits per heavy atom. The van der Waals surface area contributed by atoms with Crippen molar-refractivity contribution in [1.29, 1.82) is 0 Å². The first kappa shape index (κ1) is 16.3. The molecule has 122 valence electrons. The molecule has 0 aliphatic heterocycles. The molecule has 0 saturated heterocycles. The summed E-state index contributed by atoms with van der Waals surface area (Å²) in [5.74, 6) is -0.582. The van der Waals surface area contributed by atoms with Crippen LogP contribution in [-0.2, 0) is 0 Å². The SMILES string of the molecule is CC(NC(=O)c1nn(-c2ccccc2)cc1O)c1ccccc1Br. The summed E-state index contributed by atoms with van der Waals surface area (Å²) in [7, 11) is 0. The van der Waals surface area contributed by atoms with Crippen LogP contribution < -0.4 is 5.32 Å². The molecule has 0 saturated carbocycles. The molecule has 1 amide bonds. The minimum Gasteiger partial charge on any atom is -0.504 e. The molecular formula is C18H16BrN3O2. The Balaban J connectivity index is 1.81. The Bertz CT molecular complexity index is 862. The molecule has 2 aromatic carbocycles. The number of hydrogen-bond acceptors (Lipinski definition) is 3. The second-order valence-electron chi connectivity index (χ2n) is 5.36. The fraction of sp³-hybridized carbons (Fsp3) is 0.111. The van der Waals surface area contributed by atoms with Crippen LogP contribution in [0.25, 0.3) is 5.69 Å². The van der Waals surface area contributed by atoms with Crippen molar-refractivity contribution in [2.24, 2.45) is 0 Å². The zero-order valence-corrected chi connectivity index (χ0v) is 14.6. The highest BCUT2D eigenvalue weighted by molar-refractivity contribution is 9.10. The lowest BCUT2D eigenvalue weighted by Crippen LogP contribution is -2.27. The van der Waals surface area contributed by atoms with Gasteiger partial charge in [0.15, 0.2) is 11.4 Å². The third-order valence-electron chi connectivity index (χ3n) is 3.65. The number of halogens is 1. The molecule has 0 radical (unpaired) electrons. The predicted octanol–water partition coefficient (Wildman–Crippen LogP) is 3.83. The van der Waals surface area contributed by atoms with Crippen LogP contribution in [-0.4, -0.2) is 20.8 Å². The average molecular weight is 386 g/mol. The lowest BCUT2D eigenvalue weighted by molar-refractivity contribution is 0.0931. The highest BCUT2D eigenvalue weighted by Crippen LogP contribution is 2.24. The van der Waals surface area contributed by atoms with Gasteiger partial charge in [0.25, 0.3) is 5.91 Å². The minimum atomic E-state index is -0.426. The number of aromatic hydroxyl groups is 1. The van der Waals surface area contributed by atoms with Crippen LogP contribution in [0.3, 0.4) is 0 Å². The van der Waals surface area contributed by atoms with Crippen LogP contribution in [0.2, 0.25) is 0 Å². The van der Waals surface area contributed by atoms with Gasteiger partial charge in [-0.3, -0.25) is 4.79 Å². The second-order valence-corrected chi connectivity index (χ2v) is 6.21. The number of carbonyl (C=O) groups excluding carboxylic acids is 1. The van der Waals surface area contributed by atoms with E-state index in [1.54, 1.807) is 0 Å². The molecule has 0 aliphatic carbocycles. The van der Waals surface area contributed by atoms with Gasteiger partial charge >= 0.3 is 0 Å². The number of aromatic nitrogens is 2. The maximum atomic E-state index is 12.4.